The molecule has 3 aliphatic heterocycles. The summed E-state index contributed by atoms with van der Waals surface area (Å²) in [6.07, 6.45) is 2.99. The fraction of sp³-hybridized carbons (Fsp3) is 0.667. The molecule has 27 heavy (non-hydrogen) atoms. The zero-order valence-corrected chi connectivity index (χ0v) is 16.7. The highest BCUT2D eigenvalue weighted by atomic mass is 16.7. The van der Waals surface area contributed by atoms with E-state index in [2.05, 4.69) is 31.9 Å². The number of benzene rings is 1. The lowest BCUT2D eigenvalue weighted by atomic mass is 9.81. The van der Waals surface area contributed by atoms with Crippen LogP contribution in [0.3, 0.4) is 0 Å². The molecular formula is C21H29NO5. The summed E-state index contributed by atoms with van der Waals surface area (Å²) in [6.45, 7) is 5.91. The molecule has 6 nitrogen and oxygen atoms in total. The summed E-state index contributed by atoms with van der Waals surface area (Å²) in [5.41, 5.74) is 2.05. The van der Waals surface area contributed by atoms with Crippen LogP contribution in [0, 0.1) is 5.92 Å². The molecule has 0 unspecified atom stereocenters. The molecular weight excluding hydrogens is 346 g/mol. The van der Waals surface area contributed by atoms with Crippen molar-refractivity contribution in [3.63, 3.8) is 0 Å². The fourth-order valence-electron chi connectivity index (χ4n) is 4.65. The lowest BCUT2D eigenvalue weighted by Crippen LogP contribution is -2.39. The fourth-order valence-corrected chi connectivity index (χ4v) is 4.65. The highest BCUT2D eigenvalue weighted by Gasteiger charge is 2.38. The largest absolute Gasteiger partial charge is 0.492 e. The molecule has 1 aromatic carbocycles. The third kappa shape index (κ3) is 3.41. The molecule has 3 aliphatic rings. The Morgan fingerprint density at radius 3 is 2.93 bits per heavy atom. The van der Waals surface area contributed by atoms with E-state index < -0.39 is 0 Å². The highest BCUT2D eigenvalue weighted by molar-refractivity contribution is 5.82. The van der Waals surface area contributed by atoms with Crippen LogP contribution in [-0.2, 0) is 16.0 Å². The first kappa shape index (κ1) is 18.6. The van der Waals surface area contributed by atoms with Gasteiger partial charge in [-0.15, -0.1) is 0 Å². The standard InChI is InChI=1S/C21H29NO5/c1-21(2)11-14(6-8-27-21)16(23)10-15-18-13(5-7-22(15)3)9-17-19(20(18)24-4)26-12-25-17/h9,14-15H,5-8,10-12H2,1-4H3/t14-,15+/m1/s1. The number of methoxy groups -OCH3 is 1. The first-order valence-corrected chi connectivity index (χ1v) is 9.76. The number of likely N-dealkylation sites (N-methyl/N-ethyl adjacent to an activating group) is 1. The van der Waals surface area contributed by atoms with Crippen molar-refractivity contribution >= 4 is 5.78 Å². The molecule has 0 saturated carbocycles. The van der Waals surface area contributed by atoms with Crippen molar-refractivity contribution in [2.24, 2.45) is 5.92 Å². The third-order valence-electron chi connectivity index (χ3n) is 6.09. The summed E-state index contributed by atoms with van der Waals surface area (Å²) in [5, 5.41) is 0. The predicted octanol–water partition coefficient (Wildman–Crippen LogP) is 3.12. The molecule has 1 fully saturated rings. The normalized spacial score (nSPS) is 26.5. The average Bonchev–Trinajstić information content (AvgIpc) is 3.09. The lowest BCUT2D eigenvalue weighted by molar-refractivity contribution is -0.134. The summed E-state index contributed by atoms with van der Waals surface area (Å²) in [6, 6.07) is 2.05. The Morgan fingerprint density at radius 1 is 1.37 bits per heavy atom. The molecule has 0 aliphatic carbocycles. The number of carbonyl (C=O) groups is 1. The first-order chi connectivity index (χ1) is 12.9. The summed E-state index contributed by atoms with van der Waals surface area (Å²) in [7, 11) is 3.74. The second kappa shape index (κ2) is 6.99. The van der Waals surface area contributed by atoms with E-state index in [9.17, 15) is 4.79 Å². The van der Waals surface area contributed by atoms with Crippen molar-refractivity contribution in [1.82, 2.24) is 4.90 Å². The summed E-state index contributed by atoms with van der Waals surface area (Å²) in [5.74, 6) is 2.50. The molecule has 4 rings (SSSR count). The van der Waals surface area contributed by atoms with Gasteiger partial charge >= 0.3 is 0 Å². The van der Waals surface area contributed by atoms with Crippen molar-refractivity contribution in [1.29, 1.82) is 0 Å². The van der Waals surface area contributed by atoms with Crippen LogP contribution in [0.4, 0.5) is 0 Å². The van der Waals surface area contributed by atoms with E-state index >= 15 is 0 Å². The van der Waals surface area contributed by atoms with Crippen LogP contribution in [0.15, 0.2) is 6.07 Å². The Labute approximate surface area is 160 Å². The monoisotopic (exact) mass is 375 g/mol. The van der Waals surface area contributed by atoms with E-state index in [0.29, 0.717) is 24.6 Å². The van der Waals surface area contributed by atoms with Crippen molar-refractivity contribution in [2.75, 3.05) is 34.1 Å². The molecule has 0 radical (unpaired) electrons. The predicted molar refractivity (Wildman–Crippen MR) is 101 cm³/mol. The van der Waals surface area contributed by atoms with Gasteiger partial charge in [0.05, 0.1) is 12.7 Å². The van der Waals surface area contributed by atoms with Crippen LogP contribution < -0.4 is 14.2 Å². The number of hydrogen-bond donors (Lipinski definition) is 0. The molecule has 2 atom stereocenters. The van der Waals surface area contributed by atoms with Gasteiger partial charge in [0.1, 0.15) is 5.78 Å². The Hall–Kier alpha value is -1.79. The molecule has 1 aromatic rings. The van der Waals surface area contributed by atoms with E-state index in [1.54, 1.807) is 7.11 Å². The minimum Gasteiger partial charge on any atom is -0.492 e. The first-order valence-electron chi connectivity index (χ1n) is 9.76. The van der Waals surface area contributed by atoms with E-state index in [4.69, 9.17) is 18.9 Å². The molecule has 1 saturated heterocycles. The van der Waals surface area contributed by atoms with Gasteiger partial charge < -0.3 is 18.9 Å². The van der Waals surface area contributed by atoms with Crippen LogP contribution in [-0.4, -0.2) is 50.4 Å². The molecule has 0 aromatic heterocycles. The molecule has 0 N–H and O–H groups in total. The number of ketones is 1. The van der Waals surface area contributed by atoms with Crippen LogP contribution in [0.25, 0.3) is 0 Å². The number of Topliss-reactive ketones (excluding diaryl/α,β-unsaturated/α-hetero) is 1. The second-order valence-corrected chi connectivity index (χ2v) is 8.43. The maximum atomic E-state index is 13.2. The lowest BCUT2D eigenvalue weighted by Gasteiger charge is -2.38. The Bertz CT molecular complexity index is 745. The zero-order chi connectivity index (χ0) is 19.2. The maximum absolute atomic E-state index is 13.2. The smallest absolute Gasteiger partial charge is 0.231 e. The Morgan fingerprint density at radius 2 is 2.19 bits per heavy atom. The van der Waals surface area contributed by atoms with Gasteiger partial charge in [-0.25, -0.2) is 0 Å². The molecule has 0 bridgehead atoms. The maximum Gasteiger partial charge on any atom is 0.231 e. The zero-order valence-electron chi connectivity index (χ0n) is 16.7. The van der Waals surface area contributed by atoms with E-state index in [0.717, 1.165) is 42.9 Å². The number of rotatable bonds is 4. The highest BCUT2D eigenvalue weighted by Crippen LogP contribution is 2.50. The summed E-state index contributed by atoms with van der Waals surface area (Å²) >= 11 is 0. The van der Waals surface area contributed by atoms with E-state index in [-0.39, 0.29) is 24.4 Å². The summed E-state index contributed by atoms with van der Waals surface area (Å²) in [4.78, 5) is 15.4. The van der Waals surface area contributed by atoms with Crippen LogP contribution in [0.1, 0.15) is 50.3 Å². The van der Waals surface area contributed by atoms with Crippen LogP contribution in [0.5, 0.6) is 17.2 Å². The van der Waals surface area contributed by atoms with Crippen molar-refractivity contribution in [2.45, 2.75) is 51.2 Å². The number of carbonyl (C=O) groups excluding carboxylic acids is 1. The Balaban J connectivity index is 1.63. The van der Waals surface area contributed by atoms with Crippen LogP contribution >= 0.6 is 0 Å². The van der Waals surface area contributed by atoms with Gasteiger partial charge in [-0.05, 0) is 51.8 Å². The number of nitrogens with zero attached hydrogens (tertiary/aromatic N) is 1. The minimum atomic E-state index is -0.224. The second-order valence-electron chi connectivity index (χ2n) is 8.43. The molecule has 0 spiro atoms. The molecule has 0 amide bonds. The van der Waals surface area contributed by atoms with Crippen molar-refractivity contribution in [3.05, 3.63) is 17.2 Å². The molecule has 3 heterocycles. The topological polar surface area (TPSA) is 57.2 Å². The third-order valence-corrected chi connectivity index (χ3v) is 6.09. The van der Waals surface area contributed by atoms with Gasteiger partial charge in [0, 0.05) is 37.1 Å². The number of fused-ring (bicyclic) bond motifs is 2. The van der Waals surface area contributed by atoms with Crippen molar-refractivity contribution in [3.8, 4) is 17.2 Å². The quantitative estimate of drug-likeness (QED) is 0.806. The van der Waals surface area contributed by atoms with Gasteiger partial charge in [-0.2, -0.15) is 0 Å². The molecule has 148 valence electrons. The van der Waals surface area contributed by atoms with E-state index in [1.807, 2.05) is 0 Å². The average molecular weight is 375 g/mol. The van der Waals surface area contributed by atoms with E-state index in [1.165, 1.54) is 5.56 Å². The molecule has 6 heteroatoms. The Kier molecular flexibility index (Phi) is 4.80. The summed E-state index contributed by atoms with van der Waals surface area (Å²) < 4.78 is 22.7. The number of hydrogen-bond acceptors (Lipinski definition) is 6. The van der Waals surface area contributed by atoms with Gasteiger partial charge in [0.15, 0.2) is 11.5 Å². The van der Waals surface area contributed by atoms with Gasteiger partial charge in [0.25, 0.3) is 0 Å². The SMILES string of the molecule is COc1c2c(cc3c1[C@H](CC(=O)[C@@H]1CCOC(C)(C)C1)N(C)CC3)OCO2. The van der Waals surface area contributed by atoms with Crippen LogP contribution in [0.2, 0.25) is 0 Å². The minimum absolute atomic E-state index is 0.00310. The number of ether oxygens (including phenoxy) is 4. The van der Waals surface area contributed by atoms with Gasteiger partial charge in [-0.1, -0.05) is 0 Å². The van der Waals surface area contributed by atoms with Gasteiger partial charge in [0.2, 0.25) is 12.5 Å². The van der Waals surface area contributed by atoms with Gasteiger partial charge in [-0.3, -0.25) is 9.69 Å². The van der Waals surface area contributed by atoms with Crippen molar-refractivity contribution < 1.29 is 23.7 Å².